The predicted octanol–water partition coefficient (Wildman–Crippen LogP) is 5.21. The molecule has 5 aliphatic rings. The lowest BCUT2D eigenvalue weighted by molar-refractivity contribution is 0.184. The third-order valence-corrected chi connectivity index (χ3v) is 6.37. The van der Waals surface area contributed by atoms with E-state index in [1.165, 1.54) is 36.1 Å². The molecule has 0 unspecified atom stereocenters. The number of halogens is 1. The highest BCUT2D eigenvalue weighted by atomic mass is 19.1. The fraction of sp³-hybridized carbons (Fsp3) is 0.480. The van der Waals surface area contributed by atoms with Crippen LogP contribution in [0.5, 0.6) is 0 Å². The summed E-state index contributed by atoms with van der Waals surface area (Å²) in [6.45, 7) is 13.2. The van der Waals surface area contributed by atoms with Crippen LogP contribution >= 0.6 is 0 Å². The van der Waals surface area contributed by atoms with Crippen molar-refractivity contribution >= 4 is 11.7 Å². The number of allylic oxidation sites excluding steroid dienone is 5. The zero-order valence-electron chi connectivity index (χ0n) is 18.3. The molecule has 4 fully saturated rings. The Morgan fingerprint density at radius 2 is 2.13 bits per heavy atom. The molecule has 4 nitrogen and oxygen atoms in total. The van der Waals surface area contributed by atoms with Gasteiger partial charge in [-0.2, -0.15) is 0 Å². The first-order chi connectivity index (χ1) is 14.3. The van der Waals surface area contributed by atoms with Gasteiger partial charge in [0, 0.05) is 31.8 Å². The van der Waals surface area contributed by atoms with Crippen LogP contribution in [0, 0.1) is 11.3 Å². The van der Waals surface area contributed by atoms with E-state index < -0.39 is 0 Å². The first kappa shape index (κ1) is 20.6. The van der Waals surface area contributed by atoms with E-state index in [9.17, 15) is 4.39 Å². The summed E-state index contributed by atoms with van der Waals surface area (Å²) < 4.78 is 14.3. The van der Waals surface area contributed by atoms with E-state index in [1.54, 1.807) is 7.05 Å². The number of amidine groups is 2. The molecule has 0 aromatic carbocycles. The lowest BCUT2D eigenvalue weighted by Gasteiger charge is -2.37. The summed E-state index contributed by atoms with van der Waals surface area (Å²) in [5.74, 6) is 1.97. The Morgan fingerprint density at radius 1 is 1.40 bits per heavy atom. The SMILES string of the molecule is C=C(C)CC12CC(C1)N(C1=C=CC(F)=CC(NC(/C=C(\C(=C)C)C3CC3)=NC)=N1)C2. The van der Waals surface area contributed by atoms with E-state index in [1.807, 2.05) is 13.0 Å². The van der Waals surface area contributed by atoms with Gasteiger partial charge in [0.15, 0.2) is 5.82 Å². The van der Waals surface area contributed by atoms with Crippen molar-refractivity contribution in [2.45, 2.75) is 52.0 Å². The lowest BCUT2D eigenvalue weighted by atomic mass is 9.67. The topological polar surface area (TPSA) is 40.0 Å². The van der Waals surface area contributed by atoms with Gasteiger partial charge in [0.1, 0.15) is 17.5 Å². The Bertz CT molecular complexity index is 961. The van der Waals surface area contributed by atoms with Crippen LogP contribution in [0.4, 0.5) is 4.39 Å². The number of nitrogens with one attached hydrogen (secondary N) is 1. The highest BCUT2D eigenvalue weighted by Gasteiger charge is 2.55. The van der Waals surface area contributed by atoms with E-state index in [0.717, 1.165) is 31.4 Å². The number of rotatable bonds is 6. The summed E-state index contributed by atoms with van der Waals surface area (Å²) in [6.07, 6.45) is 10.5. The molecule has 0 atom stereocenters. The quantitative estimate of drug-likeness (QED) is 0.216. The van der Waals surface area contributed by atoms with Crippen LogP contribution in [-0.2, 0) is 0 Å². The molecule has 0 amide bonds. The van der Waals surface area contributed by atoms with E-state index >= 15 is 0 Å². The van der Waals surface area contributed by atoms with Crippen molar-refractivity contribution in [3.63, 3.8) is 0 Å². The van der Waals surface area contributed by atoms with Gasteiger partial charge in [-0.05, 0) is 68.9 Å². The standard InChI is InChI=1S/C25H31FN4/c1-16(2)12-25-13-20(14-25)30(15-25)24-9-8-19(26)10-23(29-24)28-22(27-5)11-21(17(3)4)18-6-7-18/h8,10-11,18,20H,1,3,6-7,12-15H2,2,4-5H3,(H,27,28,29)/b21-11+. The fourth-order valence-corrected chi connectivity index (χ4v) is 4.98. The molecule has 1 N–H and O–H groups in total. The molecule has 0 spiro atoms. The summed E-state index contributed by atoms with van der Waals surface area (Å²) >= 11 is 0. The Balaban J connectivity index is 1.54. The van der Waals surface area contributed by atoms with Gasteiger partial charge in [-0.1, -0.05) is 23.5 Å². The minimum absolute atomic E-state index is 0.298. The molecule has 2 bridgehead atoms. The number of fused-ring (bicyclic) bond motifs is 1. The average Bonchev–Trinajstić information content (AvgIpc) is 3.37. The molecule has 2 aliphatic carbocycles. The normalized spacial score (nSPS) is 28.3. The van der Waals surface area contributed by atoms with E-state index in [0.29, 0.717) is 34.9 Å². The Hall–Kier alpha value is -2.65. The van der Waals surface area contributed by atoms with Crippen LogP contribution < -0.4 is 5.32 Å². The monoisotopic (exact) mass is 406 g/mol. The van der Waals surface area contributed by atoms with Gasteiger partial charge >= 0.3 is 0 Å². The van der Waals surface area contributed by atoms with Gasteiger partial charge in [-0.3, -0.25) is 4.99 Å². The molecule has 158 valence electrons. The van der Waals surface area contributed by atoms with Crippen molar-refractivity contribution in [2.75, 3.05) is 13.6 Å². The minimum atomic E-state index is -0.374. The smallest absolute Gasteiger partial charge is 0.175 e. The van der Waals surface area contributed by atoms with Crippen LogP contribution in [0.2, 0.25) is 0 Å². The molecule has 0 aromatic heterocycles. The maximum atomic E-state index is 14.3. The molecule has 3 heterocycles. The highest BCUT2D eigenvalue weighted by molar-refractivity contribution is 6.11. The third-order valence-electron chi connectivity index (χ3n) is 6.37. The summed E-state index contributed by atoms with van der Waals surface area (Å²) in [7, 11) is 1.73. The third kappa shape index (κ3) is 4.27. The van der Waals surface area contributed by atoms with Crippen molar-refractivity contribution < 1.29 is 4.39 Å². The van der Waals surface area contributed by atoms with Gasteiger partial charge in [0.2, 0.25) is 0 Å². The number of nitrogens with zero attached hydrogens (tertiary/aromatic N) is 3. The predicted molar refractivity (Wildman–Crippen MR) is 122 cm³/mol. The summed E-state index contributed by atoms with van der Waals surface area (Å²) in [5.41, 5.74) is 6.84. The maximum Gasteiger partial charge on any atom is 0.175 e. The van der Waals surface area contributed by atoms with Crippen molar-refractivity contribution in [1.82, 2.24) is 10.2 Å². The number of aliphatic imine (C=N–C) groups is 2. The van der Waals surface area contributed by atoms with E-state index in [2.05, 4.69) is 41.0 Å². The zero-order chi connectivity index (χ0) is 21.5. The van der Waals surface area contributed by atoms with Crippen molar-refractivity contribution in [2.24, 2.45) is 21.3 Å². The summed E-state index contributed by atoms with van der Waals surface area (Å²) in [6, 6.07) is 0.454. The minimum Gasteiger partial charge on any atom is -0.346 e. The summed E-state index contributed by atoms with van der Waals surface area (Å²) in [4.78, 5) is 11.4. The second-order valence-corrected chi connectivity index (χ2v) is 9.35. The van der Waals surface area contributed by atoms with Gasteiger partial charge < -0.3 is 10.2 Å². The molecule has 0 aromatic rings. The Labute approximate surface area is 179 Å². The molecule has 3 aliphatic heterocycles. The van der Waals surface area contributed by atoms with Crippen molar-refractivity contribution in [1.29, 1.82) is 0 Å². The van der Waals surface area contributed by atoms with Crippen molar-refractivity contribution in [3.05, 3.63) is 65.5 Å². The van der Waals surface area contributed by atoms with Crippen molar-refractivity contribution in [3.8, 4) is 0 Å². The molecular weight excluding hydrogens is 375 g/mol. The van der Waals surface area contributed by atoms with Crippen LogP contribution in [0.25, 0.3) is 0 Å². The molecule has 0 radical (unpaired) electrons. The molecule has 5 heteroatoms. The van der Waals surface area contributed by atoms with Crippen LogP contribution in [0.15, 0.2) is 75.5 Å². The van der Waals surface area contributed by atoms with Gasteiger partial charge in [-0.25, -0.2) is 9.38 Å². The zero-order valence-corrected chi connectivity index (χ0v) is 18.3. The average molecular weight is 407 g/mol. The maximum absolute atomic E-state index is 14.3. The van der Waals surface area contributed by atoms with Crippen LogP contribution in [-0.4, -0.2) is 36.2 Å². The van der Waals surface area contributed by atoms with Gasteiger partial charge in [0.25, 0.3) is 0 Å². The first-order valence-electron chi connectivity index (χ1n) is 10.7. The van der Waals surface area contributed by atoms with Crippen LogP contribution in [0.1, 0.15) is 46.0 Å². The summed E-state index contributed by atoms with van der Waals surface area (Å²) in [5, 5.41) is 3.21. The van der Waals surface area contributed by atoms with E-state index in [4.69, 9.17) is 4.99 Å². The van der Waals surface area contributed by atoms with Gasteiger partial charge in [0.05, 0.1) is 0 Å². The Morgan fingerprint density at radius 3 is 2.73 bits per heavy atom. The fourth-order valence-electron chi connectivity index (χ4n) is 4.98. The molecule has 2 saturated carbocycles. The molecule has 30 heavy (non-hydrogen) atoms. The van der Waals surface area contributed by atoms with Crippen LogP contribution in [0.3, 0.4) is 0 Å². The molecule has 5 rings (SSSR count). The second kappa shape index (κ2) is 7.88. The number of hydrogen-bond acceptors (Lipinski definition) is 3. The first-order valence-corrected chi connectivity index (χ1v) is 10.7. The highest BCUT2D eigenvalue weighted by Crippen LogP contribution is 2.56. The largest absolute Gasteiger partial charge is 0.346 e. The van der Waals surface area contributed by atoms with E-state index in [-0.39, 0.29) is 5.83 Å². The molecule has 2 saturated heterocycles. The second-order valence-electron chi connectivity index (χ2n) is 9.35. The Kier molecular flexibility index (Phi) is 5.42. The van der Waals surface area contributed by atoms with Gasteiger partial charge in [-0.15, -0.1) is 6.58 Å². The molecular formula is C25H31FN4. The lowest BCUT2D eigenvalue weighted by Crippen LogP contribution is -2.34. The number of hydrogen-bond donors (Lipinski definition) is 1.